The fourth-order valence-electron chi connectivity index (χ4n) is 9.88. The van der Waals surface area contributed by atoms with Crippen LogP contribution in [0, 0.1) is 5.92 Å². The van der Waals surface area contributed by atoms with E-state index in [1.165, 1.54) is 31.2 Å². The van der Waals surface area contributed by atoms with Crippen molar-refractivity contribution in [3.05, 3.63) is 89.5 Å². The Bertz CT molecular complexity index is 3200. The molecule has 4 rings (SSSR count). The van der Waals surface area contributed by atoms with Gasteiger partial charge in [0.2, 0.25) is 70.9 Å². The number of carboxylic acids is 1. The fourth-order valence-corrected chi connectivity index (χ4v) is 9.88. The van der Waals surface area contributed by atoms with Crippen LogP contribution in [0.15, 0.2) is 72.8 Å². The van der Waals surface area contributed by atoms with Gasteiger partial charge in [0.15, 0.2) is 0 Å². The van der Waals surface area contributed by atoms with Gasteiger partial charge in [0.05, 0.1) is 26.2 Å². The van der Waals surface area contributed by atoms with Crippen molar-refractivity contribution in [3.63, 3.8) is 0 Å². The first-order chi connectivity index (χ1) is 45.0. The Morgan fingerprint density at radius 3 is 1.39 bits per heavy atom. The number of benzene rings is 3. The highest BCUT2D eigenvalue weighted by Gasteiger charge is 2.36. The lowest BCUT2D eigenvalue weighted by Crippen LogP contribution is -2.61. The summed E-state index contributed by atoms with van der Waals surface area (Å²) in [5.41, 5.74) is 15.1. The van der Waals surface area contributed by atoms with Crippen molar-refractivity contribution in [2.75, 3.05) is 33.0 Å². The van der Waals surface area contributed by atoms with Crippen LogP contribution in [-0.2, 0) is 73.5 Å². The van der Waals surface area contributed by atoms with Gasteiger partial charge in [-0.15, -0.1) is 0 Å². The van der Waals surface area contributed by atoms with Crippen LogP contribution in [0.2, 0.25) is 0 Å². The molecule has 95 heavy (non-hydrogen) atoms. The number of ether oxygens (including phenoxy) is 1. The molecule has 33 heteroatoms. The lowest BCUT2D eigenvalue weighted by molar-refractivity contribution is -0.143. The molecule has 0 saturated carbocycles. The van der Waals surface area contributed by atoms with Crippen LogP contribution in [0.1, 0.15) is 102 Å². The number of phenolic OH excluding ortho intramolecular Hbond substituents is 1. The Morgan fingerprint density at radius 2 is 0.905 bits per heavy atom. The van der Waals surface area contributed by atoms with Crippen molar-refractivity contribution in [2.24, 2.45) is 17.4 Å². The molecule has 1 aliphatic rings. The van der Waals surface area contributed by atoms with E-state index in [0.717, 1.165) is 36.1 Å². The first kappa shape index (κ1) is 77.2. The molecule has 0 saturated heterocycles. The highest BCUT2D eigenvalue weighted by molar-refractivity contribution is 5.99. The van der Waals surface area contributed by atoms with Crippen LogP contribution in [0.25, 0.3) is 11.1 Å². The molecular weight excluding hydrogens is 1250 g/mol. The number of carbonyl (C=O) groups excluding carboxylic acids is 13. The molecule has 518 valence electrons. The molecular formula is C62H85N13O20. The van der Waals surface area contributed by atoms with Crippen molar-refractivity contribution in [2.45, 2.75) is 152 Å². The van der Waals surface area contributed by atoms with Gasteiger partial charge in [0, 0.05) is 32.2 Å². The summed E-state index contributed by atoms with van der Waals surface area (Å²) >= 11 is 0. The number of aromatic hydroxyl groups is 1. The monoisotopic (exact) mass is 1330 g/mol. The summed E-state index contributed by atoms with van der Waals surface area (Å²) in [6, 6.07) is 4.14. The lowest BCUT2D eigenvalue weighted by atomic mass is 9.98. The highest BCUT2D eigenvalue weighted by Crippen LogP contribution is 2.44. The Hall–Kier alpha value is -10.3. The molecule has 13 amide bonds. The number of aliphatic carboxylic acids is 1. The Morgan fingerprint density at radius 1 is 0.484 bits per heavy atom. The van der Waals surface area contributed by atoms with Gasteiger partial charge in [-0.3, -0.25) is 57.5 Å². The van der Waals surface area contributed by atoms with Gasteiger partial charge in [-0.25, -0.2) is 9.59 Å². The van der Waals surface area contributed by atoms with Gasteiger partial charge >= 0.3 is 12.1 Å². The predicted molar refractivity (Wildman–Crippen MR) is 336 cm³/mol. The molecule has 0 aliphatic heterocycles. The van der Waals surface area contributed by atoms with Crippen molar-refractivity contribution in [1.29, 1.82) is 0 Å². The fraction of sp³-hybridized carbons (Fsp3) is 0.484. The van der Waals surface area contributed by atoms with Gasteiger partial charge in [-0.05, 0) is 91.8 Å². The van der Waals surface area contributed by atoms with Crippen molar-refractivity contribution in [1.82, 2.24) is 58.5 Å². The van der Waals surface area contributed by atoms with Crippen molar-refractivity contribution < 1.29 is 97.4 Å². The number of unbranched alkanes of at least 4 members (excludes halogenated alkanes) is 1. The van der Waals surface area contributed by atoms with E-state index in [1.54, 1.807) is 13.8 Å². The zero-order valence-corrected chi connectivity index (χ0v) is 53.1. The molecule has 0 radical (unpaired) electrons. The molecule has 3 aromatic carbocycles. The number of hydrogen-bond donors (Lipinski definition) is 18. The maximum Gasteiger partial charge on any atom is 0.407 e. The number of carbonyl (C=O) groups is 14. The minimum Gasteiger partial charge on any atom is -0.508 e. The van der Waals surface area contributed by atoms with Gasteiger partial charge in [0.25, 0.3) is 0 Å². The van der Waals surface area contributed by atoms with Crippen molar-refractivity contribution >= 4 is 82.9 Å². The standard InChI is InChI=1S/C62H85N13O20/c1-31(2)24-46(61(92)93)72-59(90)48(28-77)75-60(91)49(29-78)74-55(86)43(21-22-50(63)81)69-56(87)44(25-35-17-19-36(80)20-18-35)71-58(89)47(27-76)73-53(84)33(4)67-54(85)42(68-57(88)45(26-51(64)82)70-52(83)32(3)66-34(5)79)16-10-11-23-65-62(94)95-30-41-39-14-8-6-12-37(39)38-13-7-9-15-40(38)41/h6-9,12-15,17-20,31-33,41-49,76-78,80H,10-11,16,21-30H2,1-5H3,(H2,63,81)(H2,64,82)(H,65,94)(H,66,79)(H,67,85)(H,68,88)(H,69,87)(H,70,83)(H,71,89)(H,72,90)(H,73,84)(H,74,86)(H,75,91)(H,92,93)/t32-,33-,42-,43-,44-,45-,46-,47-,48-,49-/m0/s1. The van der Waals surface area contributed by atoms with Crippen LogP contribution in [0.5, 0.6) is 5.75 Å². The zero-order chi connectivity index (χ0) is 70.6. The van der Waals surface area contributed by atoms with E-state index >= 15 is 0 Å². The summed E-state index contributed by atoms with van der Waals surface area (Å²) in [4.78, 5) is 184. The number of carboxylic acid groups (broad SMARTS) is 1. The second kappa shape index (κ2) is 38.0. The maximum atomic E-state index is 14.2. The number of phenols is 1. The van der Waals surface area contributed by atoms with E-state index in [4.69, 9.17) is 16.2 Å². The quantitative estimate of drug-likeness (QED) is 0.0241. The van der Waals surface area contributed by atoms with Gasteiger partial charge in [-0.2, -0.15) is 0 Å². The summed E-state index contributed by atoms with van der Waals surface area (Å²) in [5.74, 6) is -14.8. The number of fused-ring (bicyclic) bond motifs is 3. The maximum absolute atomic E-state index is 14.2. The van der Waals surface area contributed by atoms with Gasteiger partial charge < -0.3 is 100 Å². The second-order valence-electron chi connectivity index (χ2n) is 23.0. The highest BCUT2D eigenvalue weighted by atomic mass is 16.5. The Labute approximate surface area is 546 Å². The van der Waals surface area contributed by atoms with E-state index < -0.39 is 189 Å². The third kappa shape index (κ3) is 24.9. The summed E-state index contributed by atoms with van der Waals surface area (Å²) < 4.78 is 5.61. The number of nitrogens with two attached hydrogens (primary N) is 2. The van der Waals surface area contributed by atoms with Crippen molar-refractivity contribution in [3.8, 4) is 16.9 Å². The number of aliphatic hydroxyl groups excluding tert-OH is 3. The molecule has 0 spiro atoms. The first-order valence-electron chi connectivity index (χ1n) is 30.5. The zero-order valence-electron chi connectivity index (χ0n) is 53.1. The van der Waals surface area contributed by atoms with E-state index in [2.05, 4.69) is 58.5 Å². The number of amides is 13. The Kier molecular flexibility index (Phi) is 30.9. The van der Waals surface area contributed by atoms with E-state index in [1.807, 2.05) is 48.5 Å². The molecule has 10 atom stereocenters. The number of hydrogen-bond acceptors (Lipinski definition) is 19. The van der Waals surface area contributed by atoms with E-state index in [9.17, 15) is 92.7 Å². The summed E-state index contributed by atoms with van der Waals surface area (Å²) in [6.07, 6.45) is -3.00. The number of primary amides is 2. The van der Waals surface area contributed by atoms with Crippen LogP contribution in [-0.4, -0.2) is 202 Å². The number of alkyl carbamates (subject to hydrolysis) is 1. The predicted octanol–water partition coefficient (Wildman–Crippen LogP) is -4.20. The van der Waals surface area contributed by atoms with Crippen LogP contribution >= 0.6 is 0 Å². The Balaban J connectivity index is 1.49. The van der Waals surface area contributed by atoms with Crippen LogP contribution < -0.4 is 70.0 Å². The van der Waals surface area contributed by atoms with Crippen LogP contribution in [0.4, 0.5) is 4.79 Å². The molecule has 0 aromatic heterocycles. The average molecular weight is 1330 g/mol. The summed E-state index contributed by atoms with van der Waals surface area (Å²) in [7, 11) is 0. The first-order valence-corrected chi connectivity index (χ1v) is 30.5. The molecule has 0 bridgehead atoms. The normalized spacial score (nSPS) is 14.6. The van der Waals surface area contributed by atoms with Crippen LogP contribution in [0.3, 0.4) is 0 Å². The lowest BCUT2D eigenvalue weighted by Gasteiger charge is -2.27. The summed E-state index contributed by atoms with van der Waals surface area (Å²) in [6.45, 7) is 3.66. The number of rotatable bonds is 39. The molecule has 0 unspecified atom stereocenters. The van der Waals surface area contributed by atoms with E-state index in [-0.39, 0.29) is 62.0 Å². The molecule has 1 aliphatic carbocycles. The molecule has 33 nitrogen and oxygen atoms in total. The molecule has 0 fully saturated rings. The average Bonchev–Trinajstić information content (AvgIpc) is 1.62. The second-order valence-corrected chi connectivity index (χ2v) is 23.0. The third-order valence-corrected chi connectivity index (χ3v) is 14.9. The minimum atomic E-state index is -1.91. The molecule has 20 N–H and O–H groups in total. The number of nitrogens with one attached hydrogen (secondary N) is 11. The number of aliphatic hydroxyl groups is 3. The smallest absolute Gasteiger partial charge is 0.407 e. The topological polar surface area (TPSA) is 534 Å². The van der Waals surface area contributed by atoms with E-state index in [0.29, 0.717) is 0 Å². The van der Waals surface area contributed by atoms with Gasteiger partial charge in [-0.1, -0.05) is 74.5 Å². The third-order valence-electron chi connectivity index (χ3n) is 14.9. The summed E-state index contributed by atoms with van der Waals surface area (Å²) in [5, 5.41) is 75.6. The largest absolute Gasteiger partial charge is 0.508 e. The minimum absolute atomic E-state index is 0.0215. The SMILES string of the molecule is CC(=O)N[C@@H](C)C(=O)N[C@@H](CC(N)=O)C(=O)N[C@@H](CCCCNC(=O)OCC1c2ccccc2-c2ccccc21)C(=O)N[C@@H](C)C(=O)N[C@@H](CO)C(=O)N[C@@H](Cc1ccc(O)cc1)C(=O)N[C@@H](CCC(N)=O)C(=O)N[C@@H](CO)C(=O)N[C@@H](CO)C(=O)N[C@@H](CC(C)C)C(=O)O. The molecule has 3 aromatic rings. The molecule has 0 heterocycles. The van der Waals surface area contributed by atoms with Gasteiger partial charge in [0.1, 0.15) is 72.8 Å².